The molecule has 1 aromatic heterocycles. The lowest BCUT2D eigenvalue weighted by molar-refractivity contribution is 0.0352. The zero-order chi connectivity index (χ0) is 14.9. The summed E-state index contributed by atoms with van der Waals surface area (Å²) in [7, 11) is 1.55. The highest BCUT2D eigenvalue weighted by Gasteiger charge is 2.22. The summed E-state index contributed by atoms with van der Waals surface area (Å²) in [6.07, 6.45) is 0. The zero-order valence-corrected chi connectivity index (χ0v) is 11.7. The lowest BCUT2D eigenvalue weighted by Gasteiger charge is -2.25. The Morgan fingerprint density at radius 1 is 1.35 bits per heavy atom. The Labute approximate surface area is 116 Å². The highest BCUT2D eigenvalue weighted by molar-refractivity contribution is 5.93. The first-order valence-corrected chi connectivity index (χ1v) is 6.29. The van der Waals surface area contributed by atoms with Crippen LogP contribution in [0.25, 0.3) is 11.0 Å². The van der Waals surface area contributed by atoms with Crippen LogP contribution >= 0.6 is 0 Å². The predicted molar refractivity (Wildman–Crippen MR) is 75.7 cm³/mol. The molecular weight excluding hydrogens is 258 g/mol. The molecule has 106 valence electrons. The average molecular weight is 275 g/mol. The number of carbonyl (C=O) groups excluding carboxylic acids is 1. The topological polar surface area (TPSA) is 70.8 Å². The largest absolute Gasteiger partial charge is 0.451 e. The van der Waals surface area contributed by atoms with Crippen molar-refractivity contribution < 1.29 is 14.3 Å². The summed E-state index contributed by atoms with van der Waals surface area (Å²) < 4.78 is 5.47. The molecule has 2 aromatic rings. The van der Waals surface area contributed by atoms with Gasteiger partial charge in [-0.3, -0.25) is 9.59 Å². The van der Waals surface area contributed by atoms with E-state index in [1.165, 1.54) is 11.0 Å². The molecule has 0 aliphatic rings. The first-order chi connectivity index (χ1) is 9.28. The van der Waals surface area contributed by atoms with Crippen LogP contribution in [0.1, 0.15) is 24.4 Å². The van der Waals surface area contributed by atoms with Crippen LogP contribution in [0.2, 0.25) is 0 Å². The summed E-state index contributed by atoms with van der Waals surface area (Å²) in [6.45, 7) is 3.35. The van der Waals surface area contributed by atoms with E-state index in [4.69, 9.17) is 4.42 Å². The number of para-hydroxylation sites is 1. The van der Waals surface area contributed by atoms with Gasteiger partial charge in [0, 0.05) is 19.7 Å². The van der Waals surface area contributed by atoms with Crippen LogP contribution in [-0.2, 0) is 0 Å². The second-order valence-electron chi connectivity index (χ2n) is 5.44. The fourth-order valence-electron chi connectivity index (χ4n) is 2.05. The number of hydrogen-bond donors (Lipinski definition) is 1. The Morgan fingerprint density at radius 3 is 2.65 bits per heavy atom. The van der Waals surface area contributed by atoms with E-state index in [-0.39, 0.29) is 17.7 Å². The monoisotopic (exact) mass is 275 g/mol. The van der Waals surface area contributed by atoms with E-state index in [2.05, 4.69) is 0 Å². The number of hydrogen-bond acceptors (Lipinski definition) is 4. The zero-order valence-electron chi connectivity index (χ0n) is 11.7. The standard InChI is InChI=1S/C15H17NO4/c1-15(2,19)9-16(3)14(18)13-8-11(17)10-6-4-5-7-12(10)20-13/h4-8,19H,9H2,1-3H3. The van der Waals surface area contributed by atoms with E-state index in [1.54, 1.807) is 45.2 Å². The Bertz CT molecular complexity index is 697. The molecule has 0 unspecified atom stereocenters. The lowest BCUT2D eigenvalue weighted by Crippen LogP contribution is -2.39. The number of benzene rings is 1. The van der Waals surface area contributed by atoms with Crippen molar-refractivity contribution >= 4 is 16.9 Å². The van der Waals surface area contributed by atoms with Crippen molar-refractivity contribution in [3.63, 3.8) is 0 Å². The molecule has 0 atom stereocenters. The summed E-state index contributed by atoms with van der Waals surface area (Å²) in [4.78, 5) is 25.5. The maximum absolute atomic E-state index is 12.2. The van der Waals surface area contributed by atoms with Crippen molar-refractivity contribution in [1.29, 1.82) is 0 Å². The van der Waals surface area contributed by atoms with Crippen molar-refractivity contribution in [2.45, 2.75) is 19.4 Å². The minimum Gasteiger partial charge on any atom is -0.451 e. The summed E-state index contributed by atoms with van der Waals surface area (Å²) in [5.74, 6) is -0.463. The van der Waals surface area contributed by atoms with Crippen LogP contribution in [0.15, 0.2) is 39.5 Å². The predicted octanol–water partition coefficient (Wildman–Crippen LogP) is 1.64. The molecule has 0 saturated heterocycles. The number of rotatable bonds is 3. The Morgan fingerprint density at radius 2 is 2.00 bits per heavy atom. The smallest absolute Gasteiger partial charge is 0.289 e. The number of amides is 1. The van der Waals surface area contributed by atoms with Gasteiger partial charge in [-0.1, -0.05) is 12.1 Å². The van der Waals surface area contributed by atoms with Crippen molar-refractivity contribution in [2.75, 3.05) is 13.6 Å². The second-order valence-corrected chi connectivity index (χ2v) is 5.44. The van der Waals surface area contributed by atoms with Crippen LogP contribution < -0.4 is 5.43 Å². The molecule has 2 rings (SSSR count). The van der Waals surface area contributed by atoms with E-state index in [1.807, 2.05) is 0 Å². The van der Waals surface area contributed by atoms with E-state index < -0.39 is 11.5 Å². The van der Waals surface area contributed by atoms with Gasteiger partial charge in [0.15, 0.2) is 11.2 Å². The van der Waals surface area contributed by atoms with E-state index in [9.17, 15) is 14.7 Å². The van der Waals surface area contributed by atoms with Gasteiger partial charge in [0.05, 0.1) is 11.0 Å². The summed E-state index contributed by atoms with van der Waals surface area (Å²) in [5, 5.41) is 10.2. The first-order valence-electron chi connectivity index (χ1n) is 6.29. The van der Waals surface area contributed by atoms with Gasteiger partial charge in [0.1, 0.15) is 5.58 Å². The van der Waals surface area contributed by atoms with E-state index in [0.717, 1.165) is 0 Å². The average Bonchev–Trinajstić information content (AvgIpc) is 2.35. The Hall–Kier alpha value is -2.14. The van der Waals surface area contributed by atoms with Gasteiger partial charge in [-0.2, -0.15) is 0 Å². The number of aliphatic hydroxyl groups is 1. The van der Waals surface area contributed by atoms with E-state index >= 15 is 0 Å². The molecule has 1 N–H and O–H groups in total. The molecule has 1 heterocycles. The second kappa shape index (κ2) is 5.09. The third kappa shape index (κ3) is 3.05. The molecule has 0 fully saturated rings. The van der Waals surface area contributed by atoms with Crippen LogP contribution in [0.4, 0.5) is 0 Å². The van der Waals surface area contributed by atoms with Crippen molar-refractivity contribution in [3.8, 4) is 0 Å². The fourth-order valence-corrected chi connectivity index (χ4v) is 2.05. The molecule has 5 heteroatoms. The van der Waals surface area contributed by atoms with Gasteiger partial charge in [0.2, 0.25) is 0 Å². The number of carbonyl (C=O) groups is 1. The molecule has 0 radical (unpaired) electrons. The maximum atomic E-state index is 12.2. The van der Waals surface area contributed by atoms with Gasteiger partial charge in [-0.15, -0.1) is 0 Å². The van der Waals surface area contributed by atoms with E-state index in [0.29, 0.717) is 11.0 Å². The highest BCUT2D eigenvalue weighted by Crippen LogP contribution is 2.14. The van der Waals surface area contributed by atoms with Crippen LogP contribution in [0.5, 0.6) is 0 Å². The van der Waals surface area contributed by atoms with Crippen LogP contribution in [0, 0.1) is 0 Å². The minimum atomic E-state index is -1.01. The molecule has 1 aromatic carbocycles. The van der Waals surface area contributed by atoms with Gasteiger partial charge in [-0.05, 0) is 26.0 Å². The normalized spacial score (nSPS) is 11.6. The number of fused-ring (bicyclic) bond motifs is 1. The van der Waals surface area contributed by atoms with Crippen molar-refractivity contribution in [1.82, 2.24) is 4.90 Å². The molecule has 1 amide bonds. The highest BCUT2D eigenvalue weighted by atomic mass is 16.3. The fraction of sp³-hybridized carbons (Fsp3) is 0.333. The minimum absolute atomic E-state index is 0.0274. The third-order valence-corrected chi connectivity index (χ3v) is 2.82. The summed E-state index contributed by atoms with van der Waals surface area (Å²) in [5.41, 5.74) is -0.895. The number of nitrogens with zero attached hydrogens (tertiary/aromatic N) is 1. The first kappa shape index (κ1) is 14.3. The molecular formula is C15H17NO4. The molecule has 0 spiro atoms. The van der Waals surface area contributed by atoms with Gasteiger partial charge in [0.25, 0.3) is 5.91 Å². The van der Waals surface area contributed by atoms with Gasteiger partial charge in [-0.25, -0.2) is 0 Å². The van der Waals surface area contributed by atoms with Crippen LogP contribution in [-0.4, -0.2) is 35.1 Å². The third-order valence-electron chi connectivity index (χ3n) is 2.82. The SMILES string of the molecule is CN(CC(C)(C)O)C(=O)c1cc(=O)c2ccccc2o1. The quantitative estimate of drug-likeness (QED) is 0.924. The summed E-state index contributed by atoms with van der Waals surface area (Å²) in [6, 6.07) is 7.95. The van der Waals surface area contributed by atoms with Gasteiger partial charge >= 0.3 is 0 Å². The molecule has 0 saturated carbocycles. The number of likely N-dealkylation sites (N-methyl/N-ethyl adjacent to an activating group) is 1. The molecule has 20 heavy (non-hydrogen) atoms. The molecule has 0 bridgehead atoms. The van der Waals surface area contributed by atoms with Crippen LogP contribution in [0.3, 0.4) is 0 Å². The molecule has 0 aliphatic heterocycles. The van der Waals surface area contributed by atoms with Crippen molar-refractivity contribution in [2.24, 2.45) is 0 Å². The van der Waals surface area contributed by atoms with Gasteiger partial charge < -0.3 is 14.4 Å². The van der Waals surface area contributed by atoms with Crippen molar-refractivity contribution in [3.05, 3.63) is 46.3 Å². The lowest BCUT2D eigenvalue weighted by atomic mass is 10.1. The summed E-state index contributed by atoms with van der Waals surface area (Å²) >= 11 is 0. The maximum Gasteiger partial charge on any atom is 0.289 e. The molecule has 0 aliphatic carbocycles. The Balaban J connectivity index is 2.38. The Kier molecular flexibility index (Phi) is 3.63. The molecule has 5 nitrogen and oxygen atoms in total.